The molecule has 1 N–H and O–H groups in total. The van der Waals surface area contributed by atoms with E-state index in [1.165, 1.54) is 4.90 Å². The predicted molar refractivity (Wildman–Crippen MR) is 86.4 cm³/mol. The van der Waals surface area contributed by atoms with Gasteiger partial charge in [-0.2, -0.15) is 0 Å². The molecule has 2 saturated heterocycles. The molecule has 0 spiro atoms. The summed E-state index contributed by atoms with van der Waals surface area (Å²) in [4.78, 5) is 28.0. The number of hydrogen-bond acceptors (Lipinski definition) is 3. The standard InChI is InChI=1S/C18H18N2O3/c21-17-12-16(19-8-10-23-11-9-19)18(22)20(17)15-7-3-5-13-4-1-2-6-14(13)15/h1-7,16H,8-12H2/p+1/t16-/m1/s1. The van der Waals surface area contributed by atoms with E-state index in [9.17, 15) is 9.59 Å². The number of benzene rings is 2. The van der Waals surface area contributed by atoms with Crippen molar-refractivity contribution >= 4 is 28.3 Å². The van der Waals surface area contributed by atoms with Gasteiger partial charge in [0.2, 0.25) is 5.91 Å². The van der Waals surface area contributed by atoms with Crippen LogP contribution in [0.3, 0.4) is 0 Å². The molecule has 2 aromatic carbocycles. The minimum absolute atomic E-state index is 0.0803. The zero-order valence-corrected chi connectivity index (χ0v) is 12.8. The van der Waals surface area contributed by atoms with Crippen LogP contribution in [0.2, 0.25) is 0 Å². The molecule has 2 aliphatic rings. The number of imide groups is 1. The van der Waals surface area contributed by atoms with E-state index in [1.54, 1.807) is 0 Å². The minimum atomic E-state index is -0.273. The van der Waals surface area contributed by atoms with Gasteiger partial charge in [0.1, 0.15) is 13.1 Å². The Morgan fingerprint density at radius 1 is 1.00 bits per heavy atom. The van der Waals surface area contributed by atoms with Crippen molar-refractivity contribution in [3.63, 3.8) is 0 Å². The van der Waals surface area contributed by atoms with Crippen LogP contribution in [0.1, 0.15) is 6.42 Å². The summed E-state index contributed by atoms with van der Waals surface area (Å²) in [7, 11) is 0. The maximum Gasteiger partial charge on any atom is 0.292 e. The molecule has 5 nitrogen and oxygen atoms in total. The Bertz CT molecular complexity index is 762. The largest absolute Gasteiger partial charge is 0.370 e. The van der Waals surface area contributed by atoms with Crippen LogP contribution in [0, 0.1) is 0 Å². The molecule has 118 valence electrons. The zero-order chi connectivity index (χ0) is 15.8. The van der Waals surface area contributed by atoms with E-state index in [4.69, 9.17) is 4.74 Å². The number of amides is 2. The third-order valence-electron chi connectivity index (χ3n) is 4.78. The number of nitrogens with zero attached hydrogens (tertiary/aromatic N) is 1. The topological polar surface area (TPSA) is 51.1 Å². The van der Waals surface area contributed by atoms with Gasteiger partial charge in [0.15, 0.2) is 6.04 Å². The SMILES string of the molecule is O=C1C[C@@H]([NH+]2CCOCC2)C(=O)N1c1cccc2ccccc12. The van der Waals surface area contributed by atoms with Crippen molar-refractivity contribution in [2.24, 2.45) is 0 Å². The summed E-state index contributed by atoms with van der Waals surface area (Å²) >= 11 is 0. The minimum Gasteiger partial charge on any atom is -0.370 e. The van der Waals surface area contributed by atoms with E-state index in [1.807, 2.05) is 42.5 Å². The molecule has 0 unspecified atom stereocenters. The van der Waals surface area contributed by atoms with E-state index >= 15 is 0 Å². The van der Waals surface area contributed by atoms with Crippen LogP contribution in [-0.4, -0.2) is 44.2 Å². The molecule has 2 aromatic rings. The van der Waals surface area contributed by atoms with E-state index < -0.39 is 0 Å². The van der Waals surface area contributed by atoms with Crippen molar-refractivity contribution in [2.75, 3.05) is 31.2 Å². The van der Waals surface area contributed by atoms with Gasteiger partial charge in [-0.25, -0.2) is 4.90 Å². The van der Waals surface area contributed by atoms with Gasteiger partial charge in [-0.05, 0) is 11.5 Å². The van der Waals surface area contributed by atoms with Gasteiger partial charge >= 0.3 is 0 Å². The van der Waals surface area contributed by atoms with Crippen LogP contribution >= 0.6 is 0 Å². The Morgan fingerprint density at radius 3 is 2.57 bits per heavy atom. The van der Waals surface area contributed by atoms with E-state index in [2.05, 4.69) is 0 Å². The normalized spacial score (nSPS) is 23.0. The molecule has 0 saturated carbocycles. The fourth-order valence-electron chi connectivity index (χ4n) is 3.59. The molecule has 0 aliphatic carbocycles. The van der Waals surface area contributed by atoms with Crippen molar-refractivity contribution < 1.29 is 19.2 Å². The Labute approximate surface area is 134 Å². The Kier molecular flexibility index (Phi) is 3.59. The fourth-order valence-corrected chi connectivity index (χ4v) is 3.59. The third kappa shape index (κ3) is 2.42. The van der Waals surface area contributed by atoms with Crippen molar-refractivity contribution in [1.29, 1.82) is 0 Å². The van der Waals surface area contributed by atoms with Crippen molar-refractivity contribution in [2.45, 2.75) is 12.5 Å². The molecule has 1 atom stereocenters. The van der Waals surface area contributed by atoms with Gasteiger partial charge in [-0.3, -0.25) is 9.59 Å². The van der Waals surface area contributed by atoms with Crippen LogP contribution < -0.4 is 9.80 Å². The first-order valence-corrected chi connectivity index (χ1v) is 8.02. The highest BCUT2D eigenvalue weighted by molar-refractivity contribution is 6.24. The van der Waals surface area contributed by atoms with Gasteiger partial charge in [0.25, 0.3) is 5.91 Å². The lowest BCUT2D eigenvalue weighted by atomic mass is 10.1. The molecular weight excluding hydrogens is 292 g/mol. The van der Waals surface area contributed by atoms with E-state index in [0.717, 1.165) is 28.8 Å². The van der Waals surface area contributed by atoms with E-state index in [0.29, 0.717) is 18.9 Å². The first-order chi connectivity index (χ1) is 11.3. The Morgan fingerprint density at radius 2 is 1.74 bits per heavy atom. The van der Waals surface area contributed by atoms with Crippen molar-refractivity contribution in [1.82, 2.24) is 0 Å². The molecule has 5 heteroatoms. The third-order valence-corrected chi connectivity index (χ3v) is 4.78. The van der Waals surface area contributed by atoms with Crippen LogP contribution in [-0.2, 0) is 14.3 Å². The fraction of sp³-hybridized carbons (Fsp3) is 0.333. The van der Waals surface area contributed by atoms with E-state index in [-0.39, 0.29) is 24.3 Å². The number of anilines is 1. The van der Waals surface area contributed by atoms with Gasteiger partial charge in [-0.1, -0.05) is 36.4 Å². The van der Waals surface area contributed by atoms with Gasteiger partial charge in [-0.15, -0.1) is 0 Å². The lowest BCUT2D eigenvalue weighted by molar-refractivity contribution is -0.922. The van der Waals surface area contributed by atoms with Gasteiger partial charge < -0.3 is 9.64 Å². The summed E-state index contributed by atoms with van der Waals surface area (Å²) < 4.78 is 5.36. The smallest absolute Gasteiger partial charge is 0.292 e. The second-order valence-corrected chi connectivity index (χ2v) is 6.09. The molecule has 0 bridgehead atoms. The highest BCUT2D eigenvalue weighted by Gasteiger charge is 2.46. The number of ether oxygens (including phenoxy) is 1. The lowest BCUT2D eigenvalue weighted by Gasteiger charge is -2.27. The van der Waals surface area contributed by atoms with Crippen LogP contribution in [0.4, 0.5) is 5.69 Å². The molecule has 0 radical (unpaired) electrons. The summed E-state index contributed by atoms with van der Waals surface area (Å²) in [5.74, 6) is -0.182. The lowest BCUT2D eigenvalue weighted by Crippen LogP contribution is -3.18. The first kappa shape index (κ1) is 14.4. The molecule has 2 amide bonds. The maximum atomic E-state index is 12.9. The summed E-state index contributed by atoms with van der Waals surface area (Å²) in [6, 6.07) is 13.3. The second kappa shape index (κ2) is 5.76. The quantitative estimate of drug-likeness (QED) is 0.816. The predicted octanol–water partition coefficient (Wildman–Crippen LogP) is 0.387. The molecule has 0 aromatic heterocycles. The number of quaternary nitrogens is 1. The number of rotatable bonds is 2. The number of morpholine rings is 1. The van der Waals surface area contributed by atoms with Crippen LogP contribution in [0.25, 0.3) is 10.8 Å². The summed E-state index contributed by atoms with van der Waals surface area (Å²) in [6.45, 7) is 2.88. The number of nitrogens with one attached hydrogen (secondary N) is 1. The average molecular weight is 311 g/mol. The van der Waals surface area contributed by atoms with Crippen molar-refractivity contribution in [3.05, 3.63) is 42.5 Å². The molecule has 23 heavy (non-hydrogen) atoms. The first-order valence-electron chi connectivity index (χ1n) is 8.02. The maximum absolute atomic E-state index is 12.9. The Hall–Kier alpha value is -2.24. The highest BCUT2D eigenvalue weighted by Crippen LogP contribution is 2.30. The Balaban J connectivity index is 1.71. The molecule has 2 fully saturated rings. The molecule has 4 rings (SSSR count). The summed E-state index contributed by atoms with van der Waals surface area (Å²) in [6.07, 6.45) is 0.289. The summed E-state index contributed by atoms with van der Waals surface area (Å²) in [5.41, 5.74) is 0.702. The number of carbonyl (C=O) groups is 2. The number of fused-ring (bicyclic) bond motifs is 1. The summed E-state index contributed by atoms with van der Waals surface area (Å²) in [5, 5.41) is 1.97. The monoisotopic (exact) mass is 311 g/mol. The van der Waals surface area contributed by atoms with Crippen LogP contribution in [0.15, 0.2) is 42.5 Å². The zero-order valence-electron chi connectivity index (χ0n) is 12.8. The number of hydrogen-bond donors (Lipinski definition) is 1. The average Bonchev–Trinajstić information content (AvgIpc) is 2.90. The van der Waals surface area contributed by atoms with Crippen LogP contribution in [0.5, 0.6) is 0 Å². The highest BCUT2D eigenvalue weighted by atomic mass is 16.5. The second-order valence-electron chi connectivity index (χ2n) is 6.09. The van der Waals surface area contributed by atoms with Crippen molar-refractivity contribution in [3.8, 4) is 0 Å². The molecule has 2 heterocycles. The van der Waals surface area contributed by atoms with Gasteiger partial charge in [0.05, 0.1) is 25.3 Å². The number of carbonyl (C=O) groups excluding carboxylic acids is 2. The van der Waals surface area contributed by atoms with Gasteiger partial charge in [0, 0.05) is 5.39 Å². The molecular formula is C18H19N2O3+. The molecule has 2 aliphatic heterocycles.